The van der Waals surface area contributed by atoms with Crippen LogP contribution >= 0.6 is 0 Å². The van der Waals surface area contributed by atoms with Gasteiger partial charge in [0.1, 0.15) is 0 Å². The number of nitrogens with one attached hydrogen (secondary N) is 2. The number of amides is 1. The number of hydrazine groups is 1. The molecule has 9 heavy (non-hydrogen) atoms. The monoisotopic (exact) mass is 132 g/mol. The van der Waals surface area contributed by atoms with Gasteiger partial charge in [-0.1, -0.05) is 0 Å². The van der Waals surface area contributed by atoms with Crippen molar-refractivity contribution < 1.29 is 9.90 Å². The minimum absolute atomic E-state index is 0.0666. The molecule has 0 saturated heterocycles. The van der Waals surface area contributed by atoms with Gasteiger partial charge in [-0.25, -0.2) is 5.43 Å². The van der Waals surface area contributed by atoms with Gasteiger partial charge in [-0.05, 0) is 6.42 Å². The van der Waals surface area contributed by atoms with Crippen molar-refractivity contribution in [2.24, 2.45) is 0 Å². The second-order valence-electron chi connectivity index (χ2n) is 1.63. The first-order valence-electron chi connectivity index (χ1n) is 2.87. The molecule has 1 amide bonds. The van der Waals surface area contributed by atoms with Gasteiger partial charge in [0, 0.05) is 20.1 Å². The first kappa shape index (κ1) is 8.39. The van der Waals surface area contributed by atoms with E-state index >= 15 is 0 Å². The Labute approximate surface area is 54.2 Å². The van der Waals surface area contributed by atoms with Crippen LogP contribution in [0.1, 0.15) is 12.8 Å². The summed E-state index contributed by atoms with van der Waals surface area (Å²) in [6.07, 6.45) is 0.894. The topological polar surface area (TPSA) is 61.4 Å². The van der Waals surface area contributed by atoms with E-state index in [1.54, 1.807) is 7.05 Å². The summed E-state index contributed by atoms with van der Waals surface area (Å²) < 4.78 is 0. The van der Waals surface area contributed by atoms with Crippen molar-refractivity contribution in [1.82, 2.24) is 10.9 Å². The molecule has 4 nitrogen and oxygen atoms in total. The molecular weight excluding hydrogens is 120 g/mol. The molecule has 4 heteroatoms. The van der Waals surface area contributed by atoms with Crippen molar-refractivity contribution in [2.75, 3.05) is 13.7 Å². The molecule has 0 fully saturated rings. The summed E-state index contributed by atoms with van der Waals surface area (Å²) in [5.41, 5.74) is 4.88. The Bertz CT molecular complexity index is 85.0. The van der Waals surface area contributed by atoms with E-state index in [1.165, 1.54) is 0 Å². The Balaban J connectivity index is 3.06. The van der Waals surface area contributed by atoms with E-state index in [9.17, 15) is 4.79 Å². The maximum absolute atomic E-state index is 10.5. The van der Waals surface area contributed by atoms with Crippen molar-refractivity contribution in [3.63, 3.8) is 0 Å². The molecule has 0 unspecified atom stereocenters. The summed E-state index contributed by atoms with van der Waals surface area (Å²) in [5, 5.41) is 8.28. The van der Waals surface area contributed by atoms with Gasteiger partial charge in [0.2, 0.25) is 5.91 Å². The first-order chi connectivity index (χ1) is 4.31. The van der Waals surface area contributed by atoms with Crippen LogP contribution < -0.4 is 10.9 Å². The lowest BCUT2D eigenvalue weighted by Gasteiger charge is -1.99. The molecule has 54 valence electrons. The molecule has 0 aliphatic heterocycles. The summed E-state index contributed by atoms with van der Waals surface area (Å²) in [6.45, 7) is 0.0666. The minimum Gasteiger partial charge on any atom is -0.396 e. The molecule has 0 saturated carbocycles. The maximum atomic E-state index is 10.5. The highest BCUT2D eigenvalue weighted by Gasteiger charge is 1.95. The van der Waals surface area contributed by atoms with E-state index in [2.05, 4.69) is 10.9 Å². The lowest BCUT2D eigenvalue weighted by Crippen LogP contribution is -2.33. The molecule has 0 aliphatic rings. The third-order valence-electron chi connectivity index (χ3n) is 0.826. The molecule has 0 aromatic carbocycles. The van der Waals surface area contributed by atoms with Crippen LogP contribution in [0, 0.1) is 0 Å². The van der Waals surface area contributed by atoms with Gasteiger partial charge in [-0.15, -0.1) is 0 Å². The van der Waals surface area contributed by atoms with E-state index in [0.29, 0.717) is 12.8 Å². The van der Waals surface area contributed by atoms with Crippen LogP contribution in [-0.2, 0) is 4.79 Å². The highest BCUT2D eigenvalue weighted by atomic mass is 16.3. The lowest BCUT2D eigenvalue weighted by atomic mass is 10.3. The second kappa shape index (κ2) is 5.53. The lowest BCUT2D eigenvalue weighted by molar-refractivity contribution is -0.122. The zero-order valence-electron chi connectivity index (χ0n) is 5.48. The zero-order chi connectivity index (χ0) is 7.11. The van der Waals surface area contributed by atoms with E-state index in [1.807, 2.05) is 0 Å². The molecule has 0 radical (unpaired) electrons. The summed E-state index contributed by atoms with van der Waals surface area (Å²) in [6, 6.07) is 0. The number of aliphatic hydroxyl groups excluding tert-OH is 1. The van der Waals surface area contributed by atoms with Crippen LogP contribution in [0.4, 0.5) is 0 Å². The molecule has 0 spiro atoms. The van der Waals surface area contributed by atoms with Gasteiger partial charge in [-0.3, -0.25) is 10.2 Å². The van der Waals surface area contributed by atoms with Crippen LogP contribution in [0.2, 0.25) is 0 Å². The van der Waals surface area contributed by atoms with Gasteiger partial charge in [0.25, 0.3) is 0 Å². The predicted molar refractivity (Wildman–Crippen MR) is 33.5 cm³/mol. The summed E-state index contributed by atoms with van der Waals surface area (Å²) in [4.78, 5) is 10.5. The largest absolute Gasteiger partial charge is 0.396 e. The molecular formula is C5H12N2O2. The van der Waals surface area contributed by atoms with Crippen LogP contribution in [0.15, 0.2) is 0 Å². The van der Waals surface area contributed by atoms with Crippen molar-refractivity contribution in [1.29, 1.82) is 0 Å². The van der Waals surface area contributed by atoms with E-state index in [4.69, 9.17) is 5.11 Å². The number of rotatable bonds is 4. The average Bonchev–Trinajstić information content (AvgIpc) is 1.85. The molecule has 0 aliphatic carbocycles. The molecule has 3 N–H and O–H groups in total. The third-order valence-corrected chi connectivity index (χ3v) is 0.826. The third kappa shape index (κ3) is 5.26. The second-order valence-corrected chi connectivity index (χ2v) is 1.63. The summed E-state index contributed by atoms with van der Waals surface area (Å²) in [5.74, 6) is -0.0912. The normalized spacial score (nSPS) is 9.11. The van der Waals surface area contributed by atoms with Crippen LogP contribution in [0.5, 0.6) is 0 Å². The zero-order valence-corrected chi connectivity index (χ0v) is 5.48. The molecule has 0 heterocycles. The van der Waals surface area contributed by atoms with Crippen LogP contribution in [0.3, 0.4) is 0 Å². The Morgan fingerprint density at radius 2 is 2.33 bits per heavy atom. The Hall–Kier alpha value is -0.610. The van der Waals surface area contributed by atoms with Gasteiger partial charge in [0.15, 0.2) is 0 Å². The molecule has 0 aromatic heterocycles. The predicted octanol–water partition coefficient (Wildman–Crippen LogP) is -0.991. The number of aliphatic hydroxyl groups is 1. The first-order valence-corrected chi connectivity index (χ1v) is 2.87. The molecule has 0 rings (SSSR count). The van der Waals surface area contributed by atoms with Crippen molar-refractivity contribution in [2.45, 2.75) is 12.8 Å². The van der Waals surface area contributed by atoms with E-state index in [-0.39, 0.29) is 12.5 Å². The fraction of sp³-hybridized carbons (Fsp3) is 0.800. The number of hydrogen-bond donors (Lipinski definition) is 3. The fourth-order valence-corrected chi connectivity index (χ4v) is 0.442. The number of carbonyl (C=O) groups is 1. The summed E-state index contributed by atoms with van der Waals surface area (Å²) in [7, 11) is 1.62. The Morgan fingerprint density at radius 3 is 2.78 bits per heavy atom. The SMILES string of the molecule is CNNC(=O)CCCO. The van der Waals surface area contributed by atoms with Crippen molar-refractivity contribution in [3.8, 4) is 0 Å². The number of hydrogen-bond acceptors (Lipinski definition) is 3. The standard InChI is InChI=1S/C5H12N2O2/c1-6-7-5(9)3-2-4-8/h6,8H,2-4H2,1H3,(H,7,9). The minimum atomic E-state index is -0.0912. The average molecular weight is 132 g/mol. The van der Waals surface area contributed by atoms with Gasteiger partial charge < -0.3 is 5.11 Å². The number of carbonyl (C=O) groups excluding carboxylic acids is 1. The van der Waals surface area contributed by atoms with Gasteiger partial charge in [0.05, 0.1) is 0 Å². The van der Waals surface area contributed by atoms with E-state index < -0.39 is 0 Å². The van der Waals surface area contributed by atoms with Crippen molar-refractivity contribution >= 4 is 5.91 Å². The quantitative estimate of drug-likeness (QED) is 0.430. The van der Waals surface area contributed by atoms with Gasteiger partial charge >= 0.3 is 0 Å². The van der Waals surface area contributed by atoms with Crippen LogP contribution in [-0.4, -0.2) is 24.7 Å². The molecule has 0 aromatic rings. The summed E-state index contributed by atoms with van der Waals surface area (Å²) >= 11 is 0. The fourth-order valence-electron chi connectivity index (χ4n) is 0.442. The van der Waals surface area contributed by atoms with Crippen molar-refractivity contribution in [3.05, 3.63) is 0 Å². The highest BCUT2D eigenvalue weighted by molar-refractivity contribution is 5.75. The molecule has 0 bridgehead atoms. The van der Waals surface area contributed by atoms with Gasteiger partial charge in [-0.2, -0.15) is 0 Å². The highest BCUT2D eigenvalue weighted by Crippen LogP contribution is 1.83. The van der Waals surface area contributed by atoms with E-state index in [0.717, 1.165) is 0 Å². The smallest absolute Gasteiger partial charge is 0.234 e. The molecule has 0 atom stereocenters. The van der Waals surface area contributed by atoms with Crippen LogP contribution in [0.25, 0.3) is 0 Å². The maximum Gasteiger partial charge on any atom is 0.234 e. The Morgan fingerprint density at radius 1 is 1.67 bits per heavy atom. The Kier molecular flexibility index (Phi) is 5.15.